The van der Waals surface area contributed by atoms with Crippen LogP contribution >= 0.6 is 11.6 Å². The molecule has 37 heavy (non-hydrogen) atoms. The molecule has 3 atom stereocenters. The predicted octanol–water partition coefficient (Wildman–Crippen LogP) is 5.27. The third kappa shape index (κ3) is 4.99. The number of carboxylic acids is 1. The van der Waals surface area contributed by atoms with Gasteiger partial charge in [-0.2, -0.15) is 0 Å². The zero-order chi connectivity index (χ0) is 26.5. The molecule has 2 aromatic rings. The van der Waals surface area contributed by atoms with Crippen molar-refractivity contribution in [2.24, 2.45) is 5.92 Å². The number of ether oxygens (including phenoxy) is 1. The lowest BCUT2D eigenvalue weighted by atomic mass is 9.62. The quantitative estimate of drug-likeness (QED) is 0.502. The van der Waals surface area contributed by atoms with Gasteiger partial charge in [0.05, 0.1) is 6.42 Å². The fraction of sp³-hybridized carbons (Fsp3) is 0.423. The lowest BCUT2D eigenvalue weighted by Crippen LogP contribution is -2.59. The van der Waals surface area contributed by atoms with Crippen LogP contribution < -0.4 is 15.0 Å². The van der Waals surface area contributed by atoms with Gasteiger partial charge in [-0.05, 0) is 73.6 Å². The van der Waals surface area contributed by atoms with E-state index in [-0.39, 0.29) is 48.1 Å². The molecule has 2 fully saturated rings. The van der Waals surface area contributed by atoms with Crippen molar-refractivity contribution < 1.29 is 37.4 Å². The number of nitrogens with one attached hydrogen (secondary N) is 1. The zero-order valence-electron chi connectivity index (χ0n) is 19.6. The second kappa shape index (κ2) is 9.24. The van der Waals surface area contributed by atoms with Gasteiger partial charge in [0.2, 0.25) is 5.91 Å². The van der Waals surface area contributed by atoms with Gasteiger partial charge in [0.1, 0.15) is 5.75 Å². The van der Waals surface area contributed by atoms with E-state index in [0.29, 0.717) is 10.7 Å². The number of benzene rings is 2. The lowest BCUT2D eigenvalue weighted by molar-refractivity contribution is -0.274. The molecule has 0 saturated heterocycles. The van der Waals surface area contributed by atoms with E-state index in [1.165, 1.54) is 12.1 Å². The molecule has 2 aromatic carbocycles. The van der Waals surface area contributed by atoms with Crippen LogP contribution in [0, 0.1) is 5.92 Å². The summed E-state index contributed by atoms with van der Waals surface area (Å²) in [5.74, 6) is -2.13. The van der Waals surface area contributed by atoms with Gasteiger partial charge in [0.15, 0.2) is 0 Å². The van der Waals surface area contributed by atoms with Crippen LogP contribution in [0.2, 0.25) is 5.02 Å². The Morgan fingerprint density at radius 2 is 1.78 bits per heavy atom. The summed E-state index contributed by atoms with van der Waals surface area (Å²) < 4.78 is 41.5. The summed E-state index contributed by atoms with van der Waals surface area (Å²) in [6.07, 6.45) is -2.12. The first-order valence-corrected chi connectivity index (χ1v) is 12.4. The largest absolute Gasteiger partial charge is 0.573 e. The highest BCUT2D eigenvalue weighted by Crippen LogP contribution is 2.61. The van der Waals surface area contributed by atoms with Crippen LogP contribution in [-0.2, 0) is 9.59 Å². The molecule has 2 aliphatic carbocycles. The number of hydrogen-bond donors (Lipinski definition) is 2. The Morgan fingerprint density at radius 3 is 2.35 bits per heavy atom. The Labute approximate surface area is 215 Å². The second-order valence-electron chi connectivity index (χ2n) is 9.83. The SMILES string of the molecule is O=C(O)CCC(=O)NC1(C2c3ccc(Cl)cc3N(C(=O)c3ccc(OC(F)(F)F)cc3)C3CCC32)CC1. The Kier molecular flexibility index (Phi) is 6.34. The van der Waals surface area contributed by atoms with Gasteiger partial charge in [-0.3, -0.25) is 14.4 Å². The van der Waals surface area contributed by atoms with Gasteiger partial charge in [0, 0.05) is 40.2 Å². The van der Waals surface area contributed by atoms with Crippen molar-refractivity contribution in [1.82, 2.24) is 5.32 Å². The molecule has 0 aromatic heterocycles. The second-order valence-corrected chi connectivity index (χ2v) is 10.3. The van der Waals surface area contributed by atoms with Gasteiger partial charge >= 0.3 is 12.3 Å². The lowest BCUT2D eigenvalue weighted by Gasteiger charge is -2.55. The fourth-order valence-electron chi connectivity index (χ4n) is 5.73. The maximum absolute atomic E-state index is 13.7. The summed E-state index contributed by atoms with van der Waals surface area (Å²) >= 11 is 6.32. The maximum atomic E-state index is 13.7. The number of carbonyl (C=O) groups is 3. The molecule has 2 saturated carbocycles. The summed E-state index contributed by atoms with van der Waals surface area (Å²) in [7, 11) is 0. The highest BCUT2D eigenvalue weighted by atomic mass is 35.5. The molecule has 196 valence electrons. The highest BCUT2D eigenvalue weighted by Gasteiger charge is 2.60. The third-order valence-corrected chi connectivity index (χ3v) is 7.76. The average Bonchev–Trinajstić information content (AvgIpc) is 3.57. The monoisotopic (exact) mass is 536 g/mol. The van der Waals surface area contributed by atoms with Crippen molar-refractivity contribution in [2.75, 3.05) is 4.90 Å². The molecule has 11 heteroatoms. The minimum Gasteiger partial charge on any atom is -0.481 e. The summed E-state index contributed by atoms with van der Waals surface area (Å²) in [5.41, 5.74) is 1.19. The van der Waals surface area contributed by atoms with Crippen molar-refractivity contribution in [3.8, 4) is 5.75 Å². The number of amides is 2. The van der Waals surface area contributed by atoms with E-state index in [1.807, 2.05) is 6.07 Å². The Hall–Kier alpha value is -3.27. The van der Waals surface area contributed by atoms with E-state index in [0.717, 1.165) is 43.4 Å². The number of anilines is 1. The highest BCUT2D eigenvalue weighted by molar-refractivity contribution is 6.31. The number of alkyl halides is 3. The van der Waals surface area contributed by atoms with Crippen LogP contribution in [-0.4, -0.2) is 40.8 Å². The van der Waals surface area contributed by atoms with E-state index in [9.17, 15) is 27.6 Å². The number of rotatable bonds is 7. The summed E-state index contributed by atoms with van der Waals surface area (Å²) in [6, 6.07) is 9.97. The maximum Gasteiger partial charge on any atom is 0.573 e. The molecule has 0 radical (unpaired) electrons. The van der Waals surface area contributed by atoms with Crippen LogP contribution in [0.5, 0.6) is 5.75 Å². The molecule has 2 amide bonds. The van der Waals surface area contributed by atoms with Crippen LogP contribution in [0.15, 0.2) is 42.5 Å². The molecule has 1 heterocycles. The van der Waals surface area contributed by atoms with Crippen molar-refractivity contribution in [3.05, 3.63) is 58.6 Å². The number of hydrogen-bond acceptors (Lipinski definition) is 4. The van der Waals surface area contributed by atoms with E-state index in [4.69, 9.17) is 16.7 Å². The number of carbonyl (C=O) groups excluding carboxylic acids is 2. The topological polar surface area (TPSA) is 95.9 Å². The third-order valence-electron chi connectivity index (χ3n) is 7.53. The van der Waals surface area contributed by atoms with Crippen molar-refractivity contribution >= 4 is 35.1 Å². The smallest absolute Gasteiger partial charge is 0.481 e. The average molecular weight is 537 g/mol. The molecule has 7 nitrogen and oxygen atoms in total. The Balaban J connectivity index is 1.45. The molecule has 2 N–H and O–H groups in total. The van der Waals surface area contributed by atoms with E-state index in [1.54, 1.807) is 17.0 Å². The first kappa shape index (κ1) is 25.4. The molecular weight excluding hydrogens is 513 g/mol. The van der Waals surface area contributed by atoms with E-state index in [2.05, 4.69) is 10.1 Å². The van der Waals surface area contributed by atoms with Crippen molar-refractivity contribution in [3.63, 3.8) is 0 Å². The molecule has 0 bridgehead atoms. The molecule has 1 aliphatic heterocycles. The van der Waals surface area contributed by atoms with Gasteiger partial charge < -0.3 is 20.1 Å². The number of halogens is 4. The van der Waals surface area contributed by atoms with Crippen molar-refractivity contribution in [2.45, 2.75) is 62.4 Å². The van der Waals surface area contributed by atoms with Crippen LogP contribution in [0.4, 0.5) is 18.9 Å². The van der Waals surface area contributed by atoms with E-state index < -0.39 is 23.6 Å². The number of carboxylic acid groups (broad SMARTS) is 1. The van der Waals surface area contributed by atoms with Crippen molar-refractivity contribution in [1.29, 1.82) is 0 Å². The number of nitrogens with zero attached hydrogens (tertiary/aromatic N) is 1. The summed E-state index contributed by atoms with van der Waals surface area (Å²) in [4.78, 5) is 38.8. The standard InChI is InChI=1S/C26H24ClF3N2O5/c27-15-3-6-18-20(13-15)32(24(36)14-1-4-16(5-2-14)37-26(28,29)30)19-8-7-17(19)23(18)25(11-12-25)31-21(33)9-10-22(34)35/h1-6,13,17,19,23H,7-12H2,(H,31,33)(H,34,35). The van der Waals surface area contributed by atoms with Gasteiger partial charge in [-0.1, -0.05) is 17.7 Å². The Bertz CT molecular complexity index is 1250. The number of aliphatic carboxylic acids is 1. The van der Waals surface area contributed by atoms with Gasteiger partial charge in [-0.25, -0.2) is 0 Å². The summed E-state index contributed by atoms with van der Waals surface area (Å²) in [6.45, 7) is 0. The fourth-order valence-corrected chi connectivity index (χ4v) is 5.90. The minimum absolute atomic E-state index is 0.0627. The van der Waals surface area contributed by atoms with Crippen LogP contribution in [0.3, 0.4) is 0 Å². The van der Waals surface area contributed by atoms with Crippen LogP contribution in [0.1, 0.15) is 60.4 Å². The van der Waals surface area contributed by atoms with E-state index >= 15 is 0 Å². The molecular formula is C26H24ClF3N2O5. The zero-order valence-corrected chi connectivity index (χ0v) is 20.3. The minimum atomic E-state index is -4.83. The molecule has 5 rings (SSSR count). The molecule has 0 spiro atoms. The first-order valence-electron chi connectivity index (χ1n) is 12.0. The van der Waals surface area contributed by atoms with Gasteiger partial charge in [0.25, 0.3) is 5.91 Å². The first-order chi connectivity index (χ1) is 17.5. The predicted molar refractivity (Wildman–Crippen MR) is 128 cm³/mol. The van der Waals surface area contributed by atoms with Crippen LogP contribution in [0.25, 0.3) is 0 Å². The van der Waals surface area contributed by atoms with Gasteiger partial charge in [-0.15, -0.1) is 13.2 Å². The normalized spacial score (nSPS) is 23.2. The Morgan fingerprint density at radius 1 is 1.08 bits per heavy atom. The molecule has 3 aliphatic rings. The number of fused-ring (bicyclic) bond motifs is 2. The summed E-state index contributed by atoms with van der Waals surface area (Å²) in [5, 5.41) is 12.4. The molecule has 3 unspecified atom stereocenters.